The number of benzene rings is 8. The van der Waals surface area contributed by atoms with Gasteiger partial charge in [0.15, 0.2) is 17.5 Å². The predicted octanol–water partition coefficient (Wildman–Crippen LogP) is 15.2. The first-order chi connectivity index (χ1) is 29.9. The van der Waals surface area contributed by atoms with E-state index < -0.39 is 0 Å². The molecule has 0 fully saturated rings. The van der Waals surface area contributed by atoms with Crippen LogP contribution in [0.5, 0.6) is 0 Å². The van der Waals surface area contributed by atoms with E-state index in [0.717, 1.165) is 49.5 Å². The summed E-state index contributed by atoms with van der Waals surface area (Å²) < 4.78 is 3.64. The lowest BCUT2D eigenvalue weighted by molar-refractivity contribution is 0.661. The average molecular weight is 817 g/mol. The Morgan fingerprint density at radius 2 is 0.951 bits per heavy atom. The number of thiazole rings is 1. The SMILES string of the molecule is CC1(C)c2cc(-c3cccc(-c4nc(-c5ccc(-c6ccccc6)cc5)nc(-c5cccc6c5sc5ccccc56)n4)c3)ccc2-c2cc3nc(-c4ccccc4)sc3cc21. The zero-order valence-corrected chi connectivity index (χ0v) is 35.1. The summed E-state index contributed by atoms with van der Waals surface area (Å²) in [7, 11) is 0. The highest BCUT2D eigenvalue weighted by Gasteiger charge is 2.36. The van der Waals surface area contributed by atoms with Crippen LogP contribution < -0.4 is 0 Å². The van der Waals surface area contributed by atoms with Crippen LogP contribution in [0.25, 0.3) is 109 Å². The molecule has 3 aromatic heterocycles. The van der Waals surface area contributed by atoms with Crippen molar-refractivity contribution in [3.8, 4) is 78.1 Å². The Hall–Kier alpha value is -7.12. The highest BCUT2D eigenvalue weighted by molar-refractivity contribution is 7.26. The second-order valence-corrected chi connectivity index (χ2v) is 18.3. The van der Waals surface area contributed by atoms with Crippen molar-refractivity contribution >= 4 is 53.1 Å². The Kier molecular flexibility index (Phi) is 8.21. The van der Waals surface area contributed by atoms with Crippen LogP contribution >= 0.6 is 22.7 Å². The van der Waals surface area contributed by atoms with Crippen molar-refractivity contribution in [3.63, 3.8) is 0 Å². The molecule has 11 aromatic rings. The van der Waals surface area contributed by atoms with E-state index in [0.29, 0.717) is 17.5 Å². The van der Waals surface area contributed by atoms with Gasteiger partial charge in [-0.1, -0.05) is 159 Å². The average Bonchev–Trinajstić information content (AvgIpc) is 3.99. The molecule has 8 aromatic carbocycles. The normalized spacial score (nSPS) is 12.9. The highest BCUT2D eigenvalue weighted by atomic mass is 32.1. The minimum Gasteiger partial charge on any atom is -0.236 e. The third kappa shape index (κ3) is 6.01. The lowest BCUT2D eigenvalue weighted by Crippen LogP contribution is -2.15. The van der Waals surface area contributed by atoms with Gasteiger partial charge in [-0.3, -0.25) is 0 Å². The number of aromatic nitrogens is 4. The molecule has 0 saturated heterocycles. The molecule has 4 nitrogen and oxygen atoms in total. The van der Waals surface area contributed by atoms with Crippen molar-refractivity contribution in [1.29, 1.82) is 0 Å². The van der Waals surface area contributed by atoms with Crippen LogP contribution in [0.2, 0.25) is 0 Å². The first-order valence-corrected chi connectivity index (χ1v) is 22.2. The van der Waals surface area contributed by atoms with Crippen LogP contribution in [0.1, 0.15) is 25.0 Å². The molecular weight excluding hydrogens is 781 g/mol. The van der Waals surface area contributed by atoms with E-state index in [9.17, 15) is 0 Å². The Morgan fingerprint density at radius 3 is 1.77 bits per heavy atom. The summed E-state index contributed by atoms with van der Waals surface area (Å²) in [4.78, 5) is 20.7. The summed E-state index contributed by atoms with van der Waals surface area (Å²) in [5, 5.41) is 3.52. The summed E-state index contributed by atoms with van der Waals surface area (Å²) in [6.45, 7) is 4.69. The van der Waals surface area contributed by atoms with Gasteiger partial charge >= 0.3 is 0 Å². The molecule has 0 bridgehead atoms. The van der Waals surface area contributed by atoms with Crippen molar-refractivity contribution in [3.05, 3.63) is 193 Å². The van der Waals surface area contributed by atoms with E-state index in [4.69, 9.17) is 19.9 Å². The minimum atomic E-state index is -0.176. The zero-order chi connectivity index (χ0) is 40.7. The maximum atomic E-state index is 5.25. The van der Waals surface area contributed by atoms with Gasteiger partial charge in [0, 0.05) is 47.8 Å². The van der Waals surface area contributed by atoms with Crippen molar-refractivity contribution in [1.82, 2.24) is 19.9 Å². The van der Waals surface area contributed by atoms with E-state index in [2.05, 4.69) is 190 Å². The van der Waals surface area contributed by atoms with Crippen molar-refractivity contribution < 1.29 is 0 Å². The van der Waals surface area contributed by atoms with Gasteiger partial charge in [0.2, 0.25) is 0 Å². The third-order valence-corrected chi connectivity index (χ3v) is 14.5. The molecule has 0 amide bonds. The van der Waals surface area contributed by atoms with Gasteiger partial charge in [0.05, 0.1) is 10.2 Å². The van der Waals surface area contributed by atoms with Crippen LogP contribution in [0, 0.1) is 0 Å². The molecule has 288 valence electrons. The van der Waals surface area contributed by atoms with E-state index in [-0.39, 0.29) is 5.41 Å². The minimum absolute atomic E-state index is 0.176. The molecule has 0 radical (unpaired) electrons. The van der Waals surface area contributed by atoms with Crippen molar-refractivity contribution in [2.24, 2.45) is 0 Å². The fourth-order valence-corrected chi connectivity index (χ4v) is 11.2. The molecule has 0 spiro atoms. The fourth-order valence-electron chi connectivity index (χ4n) is 9.00. The molecule has 0 aliphatic heterocycles. The van der Waals surface area contributed by atoms with Gasteiger partial charge in [-0.25, -0.2) is 19.9 Å². The number of fused-ring (bicyclic) bond motifs is 7. The Balaban J connectivity index is 0.955. The topological polar surface area (TPSA) is 51.6 Å². The monoisotopic (exact) mass is 816 g/mol. The molecular formula is C55H36N4S2. The summed E-state index contributed by atoms with van der Waals surface area (Å²) in [5.74, 6) is 1.95. The molecule has 0 unspecified atom stereocenters. The summed E-state index contributed by atoms with van der Waals surface area (Å²) in [6.07, 6.45) is 0. The molecule has 1 aliphatic carbocycles. The van der Waals surface area contributed by atoms with Crippen molar-refractivity contribution in [2.45, 2.75) is 19.3 Å². The van der Waals surface area contributed by atoms with Gasteiger partial charge in [-0.05, 0) is 80.9 Å². The molecule has 0 atom stereocenters. The first-order valence-electron chi connectivity index (χ1n) is 20.5. The van der Waals surface area contributed by atoms with E-state index >= 15 is 0 Å². The van der Waals surface area contributed by atoms with Crippen LogP contribution in [0.15, 0.2) is 182 Å². The molecule has 1 aliphatic rings. The maximum absolute atomic E-state index is 5.25. The maximum Gasteiger partial charge on any atom is 0.165 e. The predicted molar refractivity (Wildman–Crippen MR) is 256 cm³/mol. The Morgan fingerprint density at radius 1 is 0.361 bits per heavy atom. The van der Waals surface area contributed by atoms with E-state index in [1.54, 1.807) is 22.7 Å². The first kappa shape index (κ1) is 35.8. The highest BCUT2D eigenvalue weighted by Crippen LogP contribution is 2.52. The third-order valence-electron chi connectivity index (χ3n) is 12.2. The molecule has 12 rings (SSSR count). The largest absolute Gasteiger partial charge is 0.236 e. The Labute approximate surface area is 361 Å². The lowest BCUT2D eigenvalue weighted by atomic mass is 9.81. The molecule has 0 N–H and O–H groups in total. The fraction of sp³-hybridized carbons (Fsp3) is 0.0545. The molecule has 3 heterocycles. The standard InChI is InChI=1S/C55H36N4S2/c1-55(2)45-30-38(27-28-40(45)44-31-47-49(32-46(44)55)61-54(56-47)36-15-7-4-8-16-36)37-17-11-18-39(29-37)52-57-51(35-25-23-34(24-26-35)33-13-5-3-6-14-33)58-53(59-52)43-21-12-20-42-41-19-9-10-22-48(41)60-50(42)43/h3-32H,1-2H3. The van der Waals surface area contributed by atoms with Crippen LogP contribution in [-0.2, 0) is 5.41 Å². The quantitative estimate of drug-likeness (QED) is 0.168. The Bertz CT molecular complexity index is 3490. The number of thiophene rings is 1. The smallest absolute Gasteiger partial charge is 0.165 e. The number of nitrogens with zero attached hydrogens (tertiary/aromatic N) is 4. The second kappa shape index (κ2) is 14.0. The second-order valence-electron chi connectivity index (χ2n) is 16.2. The summed E-state index contributed by atoms with van der Waals surface area (Å²) in [6, 6.07) is 64.8. The van der Waals surface area contributed by atoms with E-state index in [1.807, 2.05) is 6.07 Å². The van der Waals surface area contributed by atoms with Crippen LogP contribution in [0.3, 0.4) is 0 Å². The summed E-state index contributed by atoms with van der Waals surface area (Å²) >= 11 is 3.56. The van der Waals surface area contributed by atoms with E-state index in [1.165, 1.54) is 52.7 Å². The summed E-state index contributed by atoms with van der Waals surface area (Å²) in [5.41, 5.74) is 14.7. The van der Waals surface area contributed by atoms with Crippen LogP contribution in [-0.4, -0.2) is 19.9 Å². The molecule has 0 saturated carbocycles. The lowest BCUT2D eigenvalue weighted by Gasteiger charge is -2.22. The number of rotatable bonds is 6. The molecule has 61 heavy (non-hydrogen) atoms. The zero-order valence-electron chi connectivity index (χ0n) is 33.4. The molecule has 6 heteroatoms. The van der Waals surface area contributed by atoms with Gasteiger partial charge < -0.3 is 0 Å². The van der Waals surface area contributed by atoms with Gasteiger partial charge in [0.1, 0.15) is 5.01 Å². The van der Waals surface area contributed by atoms with Crippen molar-refractivity contribution in [2.75, 3.05) is 0 Å². The van der Waals surface area contributed by atoms with Gasteiger partial charge in [-0.2, -0.15) is 0 Å². The van der Waals surface area contributed by atoms with Gasteiger partial charge in [-0.15, -0.1) is 22.7 Å². The van der Waals surface area contributed by atoms with Crippen LogP contribution in [0.4, 0.5) is 0 Å². The number of hydrogen-bond acceptors (Lipinski definition) is 6. The van der Waals surface area contributed by atoms with Gasteiger partial charge in [0.25, 0.3) is 0 Å². The number of hydrogen-bond donors (Lipinski definition) is 0.